The number of pyridine rings is 1. The second-order valence-corrected chi connectivity index (χ2v) is 9.33. The monoisotopic (exact) mass is 477 g/mol. The van der Waals surface area contributed by atoms with Crippen LogP contribution < -0.4 is 5.32 Å². The number of aromatic nitrogens is 2. The minimum absolute atomic E-state index is 0.0264. The van der Waals surface area contributed by atoms with Crippen LogP contribution in [0.1, 0.15) is 54.0 Å². The molecule has 0 aliphatic rings. The average molecular weight is 478 g/mol. The number of hydrogen-bond acceptors (Lipinski definition) is 5. The topological polar surface area (TPSA) is 109 Å². The zero-order chi connectivity index (χ0) is 28.3. The third-order valence-electron chi connectivity index (χ3n) is 5.17. The molecule has 2 heterocycles. The van der Waals surface area contributed by atoms with E-state index >= 15 is 0 Å². The second-order valence-electron chi connectivity index (χ2n) is 9.33. The number of carboxylic acid groups (broad SMARTS) is 1. The van der Waals surface area contributed by atoms with E-state index < -0.39 is 30.4 Å². The number of hydrogen-bond donors (Lipinski definition) is 2. The van der Waals surface area contributed by atoms with Crippen LogP contribution >= 0.6 is 0 Å². The van der Waals surface area contributed by atoms with E-state index in [4.69, 9.17) is 8.64 Å². The van der Waals surface area contributed by atoms with Gasteiger partial charge in [-0.25, -0.2) is 9.78 Å². The van der Waals surface area contributed by atoms with Gasteiger partial charge in [0.1, 0.15) is 23.3 Å². The molecule has 0 spiro atoms. The van der Waals surface area contributed by atoms with Crippen molar-refractivity contribution in [1.82, 2.24) is 15.0 Å². The first kappa shape index (κ1) is 21.4. The van der Waals surface area contributed by atoms with Crippen LogP contribution in [0, 0.1) is 31.1 Å². The molecule has 0 fully saturated rings. The van der Waals surface area contributed by atoms with Crippen molar-refractivity contribution in [2.75, 3.05) is 12.3 Å². The maximum atomic E-state index is 13.3. The van der Waals surface area contributed by atoms with Crippen LogP contribution in [-0.2, 0) is 4.79 Å². The Morgan fingerprint density at radius 1 is 1.17 bits per heavy atom. The summed E-state index contributed by atoms with van der Waals surface area (Å²) >= 11 is 0. The van der Waals surface area contributed by atoms with Gasteiger partial charge in [0.25, 0.3) is 0 Å². The number of benzene rings is 1. The fourth-order valence-corrected chi connectivity index (χ4v) is 3.57. The number of nitrogens with zero attached hydrogens (tertiary/aromatic N) is 3. The summed E-state index contributed by atoms with van der Waals surface area (Å²) in [7, 11) is 0. The van der Waals surface area contributed by atoms with Crippen molar-refractivity contribution < 1.29 is 23.3 Å². The van der Waals surface area contributed by atoms with E-state index in [1.165, 1.54) is 0 Å². The van der Waals surface area contributed by atoms with E-state index in [1.54, 1.807) is 46.8 Å². The first-order chi connectivity index (χ1) is 17.7. The molecule has 182 valence electrons. The Balaban J connectivity index is 2.06. The van der Waals surface area contributed by atoms with Crippen LogP contribution in [0.5, 0.6) is 0 Å². The van der Waals surface area contributed by atoms with Crippen molar-refractivity contribution >= 4 is 17.8 Å². The zero-order valence-electron chi connectivity index (χ0n) is 23.3. The molecule has 2 amide bonds. The van der Waals surface area contributed by atoms with Crippen molar-refractivity contribution in [2.45, 2.75) is 47.1 Å². The first-order valence-electron chi connectivity index (χ1n) is 12.5. The third kappa shape index (κ3) is 6.48. The molecule has 1 aromatic carbocycles. The van der Waals surface area contributed by atoms with Crippen molar-refractivity contribution in [1.29, 1.82) is 0 Å². The lowest BCUT2D eigenvalue weighted by molar-refractivity contribution is -0.121. The van der Waals surface area contributed by atoms with Gasteiger partial charge in [0, 0.05) is 22.2 Å². The summed E-state index contributed by atoms with van der Waals surface area (Å²) < 4.78 is 28.4. The predicted molar refractivity (Wildman–Crippen MR) is 134 cm³/mol. The molecule has 0 aliphatic carbocycles. The molecule has 35 heavy (non-hydrogen) atoms. The van der Waals surface area contributed by atoms with Gasteiger partial charge in [-0.1, -0.05) is 50.0 Å². The maximum Gasteiger partial charge on any atom is 0.407 e. The number of amides is 2. The molecule has 0 bridgehead atoms. The molecular weight excluding hydrogens is 444 g/mol. The molecule has 1 atom stereocenters. The minimum Gasteiger partial charge on any atom is -0.465 e. The lowest BCUT2D eigenvalue weighted by atomic mass is 9.87. The Kier molecular flexibility index (Phi) is 6.38. The second kappa shape index (κ2) is 10.4. The van der Waals surface area contributed by atoms with E-state index in [2.05, 4.69) is 27.3 Å². The largest absolute Gasteiger partial charge is 0.465 e. The van der Waals surface area contributed by atoms with E-state index in [0.29, 0.717) is 22.7 Å². The van der Waals surface area contributed by atoms with E-state index in [-0.39, 0.29) is 17.1 Å². The van der Waals surface area contributed by atoms with Gasteiger partial charge in [0.15, 0.2) is 0 Å². The van der Waals surface area contributed by atoms with Gasteiger partial charge in [-0.05, 0) is 55.9 Å². The van der Waals surface area contributed by atoms with E-state index in [9.17, 15) is 14.7 Å². The third-order valence-corrected chi connectivity index (χ3v) is 5.17. The molecule has 2 N–H and O–H groups in total. The molecule has 8 heteroatoms. The fourth-order valence-electron chi connectivity index (χ4n) is 3.57. The lowest BCUT2D eigenvalue weighted by Gasteiger charge is -2.30. The molecule has 1 unspecified atom stereocenters. The number of carbonyl (C=O) groups is 2. The van der Waals surface area contributed by atoms with Crippen molar-refractivity contribution in [3.05, 3.63) is 65.2 Å². The summed E-state index contributed by atoms with van der Waals surface area (Å²) in [5, 5.41) is 16.2. The Bertz CT molecular complexity index is 1360. The summed E-state index contributed by atoms with van der Waals surface area (Å²) in [6.07, 6.45) is -1.74. The number of anilines is 1. The Hall–Kier alpha value is -4.12. The van der Waals surface area contributed by atoms with E-state index in [0.717, 1.165) is 11.1 Å². The van der Waals surface area contributed by atoms with Crippen LogP contribution in [0.25, 0.3) is 11.1 Å². The standard InChI is InChI=1S/C27H30N4O4/c1-17-24(18(2)35-30-17)20-13-15-23(28-21(20)14-12-19-10-8-7-9-11-19)29-25(32)22(16-27(3,4)5)31(6)26(33)34/h7-11,13,15,22H,16H2,1-6H3,(H,33,34)(H,28,29,32)/i6D3. The highest BCUT2D eigenvalue weighted by molar-refractivity contribution is 5.96. The summed E-state index contributed by atoms with van der Waals surface area (Å²) in [5.41, 5.74) is 2.55. The van der Waals surface area contributed by atoms with Crippen LogP contribution in [0.15, 0.2) is 47.0 Å². The molecule has 0 saturated carbocycles. The van der Waals surface area contributed by atoms with Gasteiger partial charge in [-0.2, -0.15) is 0 Å². The molecule has 0 saturated heterocycles. The summed E-state index contributed by atoms with van der Waals surface area (Å²) in [4.78, 5) is 29.9. The predicted octanol–water partition coefficient (Wildman–Crippen LogP) is 5.11. The highest BCUT2D eigenvalue weighted by Crippen LogP contribution is 2.30. The molecule has 3 rings (SSSR count). The SMILES string of the molecule is [2H]C([2H])([2H])N(C(=O)O)C(CC(C)(C)C)C(=O)Nc1ccc(-c2c(C)noc2C)c(C#Cc2ccccc2)n1. The van der Waals surface area contributed by atoms with Crippen LogP contribution in [0.3, 0.4) is 0 Å². The highest BCUT2D eigenvalue weighted by atomic mass is 16.5. The molecule has 2 aromatic heterocycles. The summed E-state index contributed by atoms with van der Waals surface area (Å²) in [6, 6.07) is 11.1. The van der Waals surface area contributed by atoms with Gasteiger partial charge in [-0.15, -0.1) is 0 Å². The van der Waals surface area contributed by atoms with E-state index in [1.807, 2.05) is 30.3 Å². The first-order valence-corrected chi connectivity index (χ1v) is 11.0. The fraction of sp³-hybridized carbons (Fsp3) is 0.333. The quantitative estimate of drug-likeness (QED) is 0.495. The smallest absolute Gasteiger partial charge is 0.407 e. The van der Waals surface area contributed by atoms with Gasteiger partial charge in [0.05, 0.1) is 11.3 Å². The summed E-state index contributed by atoms with van der Waals surface area (Å²) in [6.45, 7) is 5.91. The number of likely N-dealkylation sites (N-methyl/N-ethyl adjacent to an activating group) is 1. The molecule has 0 aliphatic heterocycles. The zero-order valence-corrected chi connectivity index (χ0v) is 20.3. The lowest BCUT2D eigenvalue weighted by Crippen LogP contribution is -2.46. The highest BCUT2D eigenvalue weighted by Gasteiger charge is 2.31. The molecule has 8 nitrogen and oxygen atoms in total. The van der Waals surface area contributed by atoms with Gasteiger partial charge < -0.3 is 14.9 Å². The average Bonchev–Trinajstić information content (AvgIpc) is 3.13. The Morgan fingerprint density at radius 2 is 1.89 bits per heavy atom. The van der Waals surface area contributed by atoms with Gasteiger partial charge in [0.2, 0.25) is 5.91 Å². The number of nitrogens with one attached hydrogen (secondary N) is 1. The normalized spacial score (nSPS) is 13.5. The maximum absolute atomic E-state index is 13.3. The van der Waals surface area contributed by atoms with Gasteiger partial charge >= 0.3 is 6.09 Å². The molecule has 0 radical (unpaired) electrons. The minimum atomic E-state index is -3.04. The number of rotatable bonds is 5. The van der Waals surface area contributed by atoms with Crippen LogP contribution in [0.2, 0.25) is 0 Å². The Labute approximate surface area is 209 Å². The Morgan fingerprint density at radius 3 is 2.46 bits per heavy atom. The van der Waals surface area contributed by atoms with Gasteiger partial charge in [-0.3, -0.25) is 9.69 Å². The van der Waals surface area contributed by atoms with Crippen molar-refractivity contribution in [2.24, 2.45) is 5.41 Å². The van der Waals surface area contributed by atoms with Crippen LogP contribution in [0.4, 0.5) is 10.6 Å². The van der Waals surface area contributed by atoms with Crippen molar-refractivity contribution in [3.8, 4) is 23.0 Å². The number of carbonyl (C=O) groups excluding carboxylic acids is 1. The van der Waals surface area contributed by atoms with Crippen molar-refractivity contribution in [3.63, 3.8) is 0 Å². The summed E-state index contributed by atoms with van der Waals surface area (Å²) in [5.74, 6) is 5.96. The molecular formula is C27H30N4O4. The molecule has 3 aromatic rings. The number of aryl methyl sites for hydroxylation is 2. The van der Waals surface area contributed by atoms with Crippen LogP contribution in [-0.4, -0.2) is 45.2 Å².